The van der Waals surface area contributed by atoms with Crippen molar-refractivity contribution in [3.05, 3.63) is 0 Å². The number of hydrogen-bond acceptors (Lipinski definition) is 3. The summed E-state index contributed by atoms with van der Waals surface area (Å²) in [5, 5.41) is 0. The van der Waals surface area contributed by atoms with Crippen molar-refractivity contribution in [1.82, 2.24) is 0 Å². The van der Waals surface area contributed by atoms with Gasteiger partial charge in [0.15, 0.2) is 6.29 Å². The molecule has 12 heavy (non-hydrogen) atoms. The van der Waals surface area contributed by atoms with E-state index < -0.39 is 7.53 Å². The molecule has 1 heterocycles. The van der Waals surface area contributed by atoms with E-state index in [4.69, 9.17) is 14.0 Å². The smallest absolute Gasteiger partial charge is 0.188 e. The van der Waals surface area contributed by atoms with Gasteiger partial charge < -0.3 is 14.0 Å². The minimum Gasteiger partial charge on any atom is -0.376 e. The third-order valence-electron chi connectivity index (χ3n) is 1.76. The van der Waals surface area contributed by atoms with E-state index in [0.717, 1.165) is 6.42 Å². The summed E-state index contributed by atoms with van der Waals surface area (Å²) in [5.41, 5.74) is 0. The summed E-state index contributed by atoms with van der Waals surface area (Å²) in [7, 11) is 6.37. The molecule has 1 fully saturated rings. The lowest BCUT2D eigenvalue weighted by molar-refractivity contribution is -0.107. The van der Waals surface area contributed by atoms with Crippen LogP contribution in [0.3, 0.4) is 0 Å². The lowest BCUT2D eigenvalue weighted by Gasteiger charge is -2.19. The molecule has 72 valence electrons. The zero-order chi connectivity index (χ0) is 9.14. The van der Waals surface area contributed by atoms with Gasteiger partial charge >= 0.3 is 0 Å². The van der Waals surface area contributed by atoms with Gasteiger partial charge in [-0.1, -0.05) is 17.9 Å². The van der Waals surface area contributed by atoms with Crippen molar-refractivity contribution < 1.29 is 14.0 Å². The molecule has 0 aromatic carbocycles. The maximum atomic E-state index is 5.53. The molecule has 0 bridgehead atoms. The molecular weight excluding hydrogens is 213 g/mol. The molecule has 5 atom stereocenters. The van der Waals surface area contributed by atoms with E-state index in [9.17, 15) is 0 Å². The summed E-state index contributed by atoms with van der Waals surface area (Å²) in [6.07, 6.45) is 1.06. The van der Waals surface area contributed by atoms with E-state index in [2.05, 4.69) is 17.9 Å². The second-order valence-corrected chi connectivity index (χ2v) is 8.56. The molecule has 1 aliphatic rings. The Morgan fingerprint density at radius 3 is 2.67 bits per heavy atom. The first-order valence-electron chi connectivity index (χ1n) is 3.78. The zero-order valence-electron chi connectivity index (χ0n) is 7.27. The van der Waals surface area contributed by atoms with Crippen molar-refractivity contribution in [2.24, 2.45) is 0 Å². The van der Waals surface area contributed by atoms with Crippen LogP contribution in [0.2, 0.25) is 0 Å². The molecule has 0 spiro atoms. The summed E-state index contributed by atoms with van der Waals surface area (Å²) in [6.45, 7) is 2.03. The standard InChI is InChI=1S/C6H15O3P3/c1-4-3-5(7-2)6(8-4)9-12(10)11/h4-6H,3,10-11H2,1-2H3/t4-,5?,6+/m0/s1. The first-order chi connectivity index (χ1) is 5.63. The molecule has 0 radical (unpaired) electrons. The third kappa shape index (κ3) is 3.14. The van der Waals surface area contributed by atoms with Gasteiger partial charge in [-0.05, 0) is 6.92 Å². The van der Waals surface area contributed by atoms with Crippen LogP contribution in [0.25, 0.3) is 0 Å². The maximum absolute atomic E-state index is 5.53. The fraction of sp³-hybridized carbons (Fsp3) is 1.00. The number of ether oxygens (including phenoxy) is 2. The highest BCUT2D eigenvalue weighted by Gasteiger charge is 2.34. The summed E-state index contributed by atoms with van der Waals surface area (Å²) in [6, 6.07) is 0. The topological polar surface area (TPSA) is 27.7 Å². The number of hydrogen-bond donors (Lipinski definition) is 0. The lowest BCUT2D eigenvalue weighted by atomic mass is 10.2. The third-order valence-corrected chi connectivity index (χ3v) is 2.94. The van der Waals surface area contributed by atoms with Crippen LogP contribution >= 0.6 is 25.4 Å². The van der Waals surface area contributed by atoms with Crippen LogP contribution in [0.5, 0.6) is 0 Å². The largest absolute Gasteiger partial charge is 0.376 e. The molecule has 0 amide bonds. The fourth-order valence-electron chi connectivity index (χ4n) is 1.23. The highest BCUT2D eigenvalue weighted by atomic mass is 32.4. The molecule has 6 heteroatoms. The number of rotatable bonds is 3. The quantitative estimate of drug-likeness (QED) is 0.692. The summed E-state index contributed by atoms with van der Waals surface area (Å²) >= 11 is 0. The summed E-state index contributed by atoms with van der Waals surface area (Å²) in [5.74, 6) is 0. The molecule has 3 unspecified atom stereocenters. The van der Waals surface area contributed by atoms with Crippen LogP contribution in [-0.4, -0.2) is 25.6 Å². The van der Waals surface area contributed by atoms with E-state index >= 15 is 0 Å². The van der Waals surface area contributed by atoms with Gasteiger partial charge in [0.1, 0.15) is 6.10 Å². The highest BCUT2D eigenvalue weighted by Crippen LogP contribution is 2.55. The molecule has 0 aliphatic carbocycles. The monoisotopic (exact) mass is 228 g/mol. The van der Waals surface area contributed by atoms with Gasteiger partial charge in [0.2, 0.25) is 0 Å². The Hall–Kier alpha value is 1.17. The summed E-state index contributed by atoms with van der Waals surface area (Å²) < 4.78 is 16.3. The van der Waals surface area contributed by atoms with Crippen LogP contribution in [-0.2, 0) is 14.0 Å². The van der Waals surface area contributed by atoms with Gasteiger partial charge in [-0.2, -0.15) is 0 Å². The van der Waals surface area contributed by atoms with Crippen molar-refractivity contribution in [3.8, 4) is 0 Å². The van der Waals surface area contributed by atoms with Gasteiger partial charge in [-0.25, -0.2) is 0 Å². The molecule has 0 N–H and O–H groups in total. The second kappa shape index (κ2) is 5.15. The van der Waals surface area contributed by atoms with Gasteiger partial charge in [0.05, 0.1) is 13.6 Å². The van der Waals surface area contributed by atoms with E-state index in [1.807, 2.05) is 6.92 Å². The van der Waals surface area contributed by atoms with Crippen LogP contribution < -0.4 is 0 Å². The van der Waals surface area contributed by atoms with Crippen LogP contribution in [0.1, 0.15) is 13.3 Å². The maximum Gasteiger partial charge on any atom is 0.188 e. The Morgan fingerprint density at radius 2 is 2.17 bits per heavy atom. The van der Waals surface area contributed by atoms with Crippen molar-refractivity contribution in [2.75, 3.05) is 7.11 Å². The van der Waals surface area contributed by atoms with E-state index in [1.165, 1.54) is 0 Å². The van der Waals surface area contributed by atoms with Crippen molar-refractivity contribution in [2.45, 2.75) is 31.8 Å². The Morgan fingerprint density at radius 1 is 1.50 bits per heavy atom. The average Bonchev–Trinajstić information content (AvgIpc) is 2.29. The first-order valence-corrected chi connectivity index (χ1v) is 8.27. The Balaban J connectivity index is 2.40. The van der Waals surface area contributed by atoms with Crippen molar-refractivity contribution in [3.63, 3.8) is 0 Å². The van der Waals surface area contributed by atoms with Gasteiger partial charge in [0, 0.05) is 13.5 Å². The highest BCUT2D eigenvalue weighted by molar-refractivity contribution is 8.41. The van der Waals surface area contributed by atoms with E-state index in [1.54, 1.807) is 7.11 Å². The lowest BCUT2D eigenvalue weighted by Crippen LogP contribution is -2.23. The molecule has 1 aliphatic heterocycles. The van der Waals surface area contributed by atoms with E-state index in [0.29, 0.717) is 0 Å². The molecule has 1 saturated heterocycles. The molecular formula is C6H15O3P3. The number of methoxy groups -OCH3 is 1. The van der Waals surface area contributed by atoms with Crippen molar-refractivity contribution >= 4 is 25.4 Å². The van der Waals surface area contributed by atoms with Crippen LogP contribution in [0.4, 0.5) is 0 Å². The van der Waals surface area contributed by atoms with Gasteiger partial charge in [0.25, 0.3) is 0 Å². The normalized spacial score (nSPS) is 36.2. The molecule has 3 nitrogen and oxygen atoms in total. The average molecular weight is 228 g/mol. The van der Waals surface area contributed by atoms with Gasteiger partial charge in [-0.15, -0.1) is 0 Å². The second-order valence-electron chi connectivity index (χ2n) is 2.79. The predicted molar refractivity (Wildman–Crippen MR) is 57.2 cm³/mol. The minimum atomic E-state index is -0.535. The predicted octanol–water partition coefficient (Wildman–Crippen LogP) is 2.13. The summed E-state index contributed by atoms with van der Waals surface area (Å²) in [4.78, 5) is 0. The zero-order valence-corrected chi connectivity index (χ0v) is 10.5. The fourth-order valence-corrected chi connectivity index (χ4v) is 2.38. The van der Waals surface area contributed by atoms with E-state index in [-0.39, 0.29) is 18.5 Å². The Bertz CT molecular complexity index is 144. The SMILES string of the molecule is COC1C[C@H](C)O[C@@H]1OP(P)P. The molecule has 0 aromatic rings. The van der Waals surface area contributed by atoms with Gasteiger partial charge in [-0.3, -0.25) is 0 Å². The molecule has 1 rings (SSSR count). The van der Waals surface area contributed by atoms with Crippen LogP contribution in [0, 0.1) is 0 Å². The first kappa shape index (κ1) is 11.2. The Labute approximate surface area is 78.9 Å². The van der Waals surface area contributed by atoms with Crippen LogP contribution in [0.15, 0.2) is 0 Å². The molecule has 0 aromatic heterocycles. The Kier molecular flexibility index (Phi) is 4.83. The van der Waals surface area contributed by atoms with Crippen molar-refractivity contribution in [1.29, 1.82) is 0 Å². The molecule has 0 saturated carbocycles. The minimum absolute atomic E-state index is 0.0890.